The van der Waals surface area contributed by atoms with Crippen molar-refractivity contribution in [2.45, 2.75) is 4.21 Å². The van der Waals surface area contributed by atoms with Gasteiger partial charge in [-0.1, -0.05) is 12.1 Å². The Balaban J connectivity index is 0.000000283. The Bertz CT molecular complexity index is 444. The fourth-order valence-corrected chi connectivity index (χ4v) is 2.07. The third-order valence-electron chi connectivity index (χ3n) is 1.32. The first-order valence-electron chi connectivity index (χ1n) is 3.96. The number of pyridine rings is 1. The Morgan fingerprint density at radius 3 is 1.94 bits per heavy atom. The van der Waals surface area contributed by atoms with Crippen molar-refractivity contribution in [2.75, 3.05) is 0 Å². The average Bonchev–Trinajstić information content (AvgIpc) is 2.73. The smallest absolute Gasteiger partial charge is 0.281 e. The first-order valence-corrected chi connectivity index (χ1v) is 6.28. The van der Waals surface area contributed by atoms with Crippen LogP contribution in [-0.4, -0.2) is 18.0 Å². The number of nitrogens with zero attached hydrogens (tertiary/aromatic N) is 1. The molecule has 4 nitrogen and oxygen atoms in total. The SMILES string of the molecule is Cl.O=S(=O)(O)c1cccs1.c1ccncc1. The van der Waals surface area contributed by atoms with Crippen molar-refractivity contribution in [3.8, 4) is 0 Å². The zero-order valence-corrected chi connectivity index (χ0v) is 10.5. The van der Waals surface area contributed by atoms with E-state index in [0.717, 1.165) is 11.3 Å². The van der Waals surface area contributed by atoms with Gasteiger partial charge in [-0.3, -0.25) is 9.54 Å². The minimum atomic E-state index is -3.94. The number of aromatic nitrogens is 1. The minimum absolute atomic E-state index is 0. The number of hydrogen-bond acceptors (Lipinski definition) is 4. The van der Waals surface area contributed by atoms with Crippen LogP contribution in [0.2, 0.25) is 0 Å². The topological polar surface area (TPSA) is 67.3 Å². The standard InChI is InChI=1S/C5H5N.C4H4O3S2.ClH/c1-2-4-6-5-3-1;5-9(6,7)4-2-1-3-8-4;/h1-5H;1-3H,(H,5,6,7);1H. The van der Waals surface area contributed by atoms with E-state index in [9.17, 15) is 8.42 Å². The van der Waals surface area contributed by atoms with Crippen molar-refractivity contribution >= 4 is 33.9 Å². The molecule has 0 aromatic carbocycles. The van der Waals surface area contributed by atoms with Crippen molar-refractivity contribution < 1.29 is 13.0 Å². The van der Waals surface area contributed by atoms with Crippen molar-refractivity contribution in [3.05, 3.63) is 48.1 Å². The lowest BCUT2D eigenvalue weighted by atomic mass is 10.5. The lowest BCUT2D eigenvalue weighted by Gasteiger charge is -1.84. The van der Waals surface area contributed by atoms with E-state index in [4.69, 9.17) is 4.55 Å². The van der Waals surface area contributed by atoms with E-state index in [-0.39, 0.29) is 16.6 Å². The summed E-state index contributed by atoms with van der Waals surface area (Å²) in [4.78, 5) is 3.78. The predicted octanol–water partition coefficient (Wildman–Crippen LogP) is 2.50. The Morgan fingerprint density at radius 2 is 1.75 bits per heavy atom. The Morgan fingerprint density at radius 1 is 1.12 bits per heavy atom. The van der Waals surface area contributed by atoms with Crippen LogP contribution in [0.3, 0.4) is 0 Å². The summed E-state index contributed by atoms with van der Waals surface area (Å²) in [6, 6.07) is 8.63. The molecule has 2 aromatic rings. The molecule has 0 spiro atoms. The van der Waals surface area contributed by atoms with Crippen LogP contribution in [0.1, 0.15) is 0 Å². The van der Waals surface area contributed by atoms with Gasteiger partial charge in [0.15, 0.2) is 0 Å². The number of rotatable bonds is 1. The monoisotopic (exact) mass is 279 g/mol. The first kappa shape index (κ1) is 15.0. The second kappa shape index (κ2) is 7.34. The summed E-state index contributed by atoms with van der Waals surface area (Å²) in [5.41, 5.74) is 0. The van der Waals surface area contributed by atoms with Crippen LogP contribution < -0.4 is 0 Å². The summed E-state index contributed by atoms with van der Waals surface area (Å²) >= 11 is 0.992. The second-order valence-electron chi connectivity index (χ2n) is 2.43. The minimum Gasteiger partial charge on any atom is -0.281 e. The molecule has 16 heavy (non-hydrogen) atoms. The van der Waals surface area contributed by atoms with Gasteiger partial charge in [0.25, 0.3) is 0 Å². The normalized spacial score (nSPS) is 9.56. The zero-order valence-electron chi connectivity index (χ0n) is 8.05. The molecule has 0 atom stereocenters. The van der Waals surface area contributed by atoms with Gasteiger partial charge in [0, 0.05) is 12.4 Å². The molecule has 0 fully saturated rings. The highest BCUT2D eigenvalue weighted by Crippen LogP contribution is 2.14. The molecule has 0 aliphatic carbocycles. The quantitative estimate of drug-likeness (QED) is 0.815. The predicted molar refractivity (Wildman–Crippen MR) is 65.6 cm³/mol. The van der Waals surface area contributed by atoms with E-state index < -0.39 is 10.1 Å². The van der Waals surface area contributed by atoms with Gasteiger partial charge in [0.1, 0.15) is 4.21 Å². The fourth-order valence-electron chi connectivity index (χ4n) is 0.723. The number of hydrogen-bond donors (Lipinski definition) is 1. The molecule has 2 aromatic heterocycles. The Hall–Kier alpha value is -0.950. The van der Waals surface area contributed by atoms with Crippen LogP contribution in [0.25, 0.3) is 0 Å². The van der Waals surface area contributed by atoms with E-state index in [1.807, 2.05) is 18.2 Å². The molecule has 7 heteroatoms. The van der Waals surface area contributed by atoms with Gasteiger partial charge >= 0.3 is 10.1 Å². The molecular weight excluding hydrogens is 270 g/mol. The van der Waals surface area contributed by atoms with Crippen molar-refractivity contribution in [2.24, 2.45) is 0 Å². The molecule has 2 heterocycles. The highest BCUT2D eigenvalue weighted by Gasteiger charge is 2.08. The van der Waals surface area contributed by atoms with E-state index in [0.29, 0.717) is 0 Å². The van der Waals surface area contributed by atoms with Crippen LogP contribution in [0.15, 0.2) is 52.3 Å². The maximum Gasteiger partial charge on any atom is 0.304 e. The van der Waals surface area contributed by atoms with Gasteiger partial charge in [0.05, 0.1) is 0 Å². The van der Waals surface area contributed by atoms with Crippen LogP contribution in [0.4, 0.5) is 0 Å². The number of thiophene rings is 1. The zero-order chi connectivity index (χ0) is 11.1. The maximum atomic E-state index is 10.3. The second-order valence-corrected chi connectivity index (χ2v) is 5.03. The summed E-state index contributed by atoms with van der Waals surface area (Å²) in [6.45, 7) is 0. The number of halogens is 1. The van der Waals surface area contributed by atoms with E-state index in [1.165, 1.54) is 6.07 Å². The van der Waals surface area contributed by atoms with Gasteiger partial charge in [0.2, 0.25) is 0 Å². The lowest BCUT2D eigenvalue weighted by molar-refractivity contribution is 0.485. The molecule has 1 N–H and O–H groups in total. The molecule has 88 valence electrons. The lowest BCUT2D eigenvalue weighted by Crippen LogP contribution is -1.92. The van der Waals surface area contributed by atoms with Crippen molar-refractivity contribution in [1.82, 2.24) is 4.98 Å². The third kappa shape index (κ3) is 5.82. The van der Waals surface area contributed by atoms with Crippen molar-refractivity contribution in [1.29, 1.82) is 0 Å². The van der Waals surface area contributed by atoms with Gasteiger partial charge < -0.3 is 0 Å². The van der Waals surface area contributed by atoms with Gasteiger partial charge in [-0.25, -0.2) is 0 Å². The molecular formula is C9H10ClNO3S2. The van der Waals surface area contributed by atoms with Crippen molar-refractivity contribution in [3.63, 3.8) is 0 Å². The Labute approximate surface area is 104 Å². The van der Waals surface area contributed by atoms with E-state index >= 15 is 0 Å². The van der Waals surface area contributed by atoms with Gasteiger partial charge in [-0.15, -0.1) is 23.7 Å². The highest BCUT2D eigenvalue weighted by atomic mass is 35.5. The fraction of sp³-hybridized carbons (Fsp3) is 0. The van der Waals surface area contributed by atoms with Crippen LogP contribution in [0, 0.1) is 0 Å². The first-order chi connectivity index (χ1) is 7.11. The van der Waals surface area contributed by atoms with E-state index in [2.05, 4.69) is 4.98 Å². The summed E-state index contributed by atoms with van der Waals surface area (Å²) in [6.07, 6.45) is 3.50. The molecule has 0 amide bonds. The van der Waals surface area contributed by atoms with Gasteiger partial charge in [-0.05, 0) is 23.6 Å². The molecule has 2 rings (SSSR count). The summed E-state index contributed by atoms with van der Waals surface area (Å²) in [7, 11) is -3.94. The molecule has 0 saturated heterocycles. The average molecular weight is 280 g/mol. The maximum absolute atomic E-state index is 10.3. The van der Waals surface area contributed by atoms with Crippen LogP contribution in [-0.2, 0) is 10.1 Å². The molecule has 0 saturated carbocycles. The third-order valence-corrected chi connectivity index (χ3v) is 3.54. The molecule has 0 bridgehead atoms. The molecule has 0 aliphatic rings. The molecule has 0 radical (unpaired) electrons. The Kier molecular flexibility index (Phi) is 6.91. The van der Waals surface area contributed by atoms with Crippen LogP contribution in [0.5, 0.6) is 0 Å². The summed E-state index contributed by atoms with van der Waals surface area (Å²) in [5, 5.41) is 1.59. The van der Waals surface area contributed by atoms with Crippen LogP contribution >= 0.6 is 23.7 Å². The molecule has 0 unspecified atom stereocenters. The van der Waals surface area contributed by atoms with E-state index in [1.54, 1.807) is 23.8 Å². The molecule has 0 aliphatic heterocycles. The largest absolute Gasteiger partial charge is 0.304 e. The van der Waals surface area contributed by atoms with Gasteiger partial charge in [-0.2, -0.15) is 8.42 Å². The summed E-state index contributed by atoms with van der Waals surface area (Å²) in [5.74, 6) is 0. The highest BCUT2D eigenvalue weighted by molar-refractivity contribution is 7.88. The summed E-state index contributed by atoms with van der Waals surface area (Å²) < 4.78 is 28.9.